The SMILES string of the molecule is CO[C@H]1/C=C/C[C@H](C)CS(=O)(NC(=O)[C@H]2C[C@@H](C(C)(C)O)C2)=NC(=O)c2ccc3c(c2)N(C[C@@H]2CC[C@H]21)C[C@@]1(CCCc2cc(Cl)ccc21)CO3. The molecule has 51 heavy (non-hydrogen) atoms. The Balaban J connectivity index is 1.26. The minimum absolute atomic E-state index is 0.0155. The lowest BCUT2D eigenvalue weighted by Gasteiger charge is -2.46. The molecule has 2 aliphatic heterocycles. The fourth-order valence-electron chi connectivity index (χ4n) is 9.02. The van der Waals surface area contributed by atoms with Crippen molar-refractivity contribution in [1.29, 1.82) is 0 Å². The van der Waals surface area contributed by atoms with Gasteiger partial charge in [-0.25, -0.2) is 4.21 Å². The van der Waals surface area contributed by atoms with Crippen LogP contribution in [0.3, 0.4) is 0 Å². The number of carbonyl (C=O) groups is 2. The number of benzene rings is 2. The van der Waals surface area contributed by atoms with E-state index in [0.717, 1.165) is 55.9 Å². The number of hydrogen-bond donors (Lipinski definition) is 2. The minimum Gasteiger partial charge on any atom is -0.490 e. The van der Waals surface area contributed by atoms with Crippen molar-refractivity contribution in [3.63, 3.8) is 0 Å². The second kappa shape index (κ2) is 14.1. The zero-order valence-electron chi connectivity index (χ0n) is 30.2. The van der Waals surface area contributed by atoms with Gasteiger partial charge < -0.3 is 19.5 Å². The summed E-state index contributed by atoms with van der Waals surface area (Å²) in [5, 5.41) is 11.1. The van der Waals surface area contributed by atoms with Crippen molar-refractivity contribution in [3.8, 4) is 5.75 Å². The van der Waals surface area contributed by atoms with Crippen LogP contribution >= 0.6 is 11.6 Å². The summed E-state index contributed by atoms with van der Waals surface area (Å²) in [6.07, 6.45) is 10.9. The van der Waals surface area contributed by atoms with Crippen molar-refractivity contribution in [2.24, 2.45) is 34.0 Å². The van der Waals surface area contributed by atoms with Crippen LogP contribution in [0.4, 0.5) is 5.69 Å². The maximum absolute atomic E-state index is 14.5. The Bertz CT molecular complexity index is 1830. The average molecular weight is 738 g/mol. The number of hydrogen-bond acceptors (Lipinski definition) is 7. The van der Waals surface area contributed by atoms with Gasteiger partial charge in [0.1, 0.15) is 15.7 Å². The summed E-state index contributed by atoms with van der Waals surface area (Å²) in [4.78, 5) is 29.8. The highest BCUT2D eigenvalue weighted by atomic mass is 35.5. The third kappa shape index (κ3) is 7.48. The van der Waals surface area contributed by atoms with Crippen LogP contribution < -0.4 is 14.4 Å². The second-order valence-corrected chi connectivity index (χ2v) is 18.9. The van der Waals surface area contributed by atoms with Crippen molar-refractivity contribution in [1.82, 2.24) is 4.72 Å². The van der Waals surface area contributed by atoms with Gasteiger partial charge in [-0.3, -0.25) is 14.3 Å². The predicted molar refractivity (Wildman–Crippen MR) is 201 cm³/mol. The van der Waals surface area contributed by atoms with Gasteiger partial charge >= 0.3 is 0 Å². The molecule has 1 unspecified atom stereocenters. The van der Waals surface area contributed by atoms with Crippen LogP contribution in [0.5, 0.6) is 5.75 Å². The van der Waals surface area contributed by atoms with Gasteiger partial charge in [-0.15, -0.1) is 4.36 Å². The van der Waals surface area contributed by atoms with E-state index in [2.05, 4.69) is 38.3 Å². The van der Waals surface area contributed by atoms with Gasteiger partial charge in [-0.05, 0) is 130 Å². The van der Waals surface area contributed by atoms with Gasteiger partial charge in [0, 0.05) is 42.1 Å². The van der Waals surface area contributed by atoms with Gasteiger partial charge in [0.25, 0.3) is 5.91 Å². The quantitative estimate of drug-likeness (QED) is 0.329. The van der Waals surface area contributed by atoms with E-state index in [1.807, 2.05) is 25.1 Å². The molecular formula is C40H52ClN3O6S. The molecule has 2 aromatic carbocycles. The Hall–Kier alpha value is -2.92. The third-order valence-electron chi connectivity index (χ3n) is 12.3. The molecule has 11 heteroatoms. The lowest BCUT2D eigenvalue weighted by Crippen LogP contribution is -2.49. The van der Waals surface area contributed by atoms with Crippen molar-refractivity contribution in [2.75, 3.05) is 37.5 Å². The number of aryl methyl sites for hydroxylation is 1. The topological polar surface area (TPSA) is 118 Å². The molecule has 1 spiro atoms. The summed E-state index contributed by atoms with van der Waals surface area (Å²) in [7, 11) is -1.71. The van der Waals surface area contributed by atoms with Gasteiger partial charge in [0.15, 0.2) is 0 Å². The van der Waals surface area contributed by atoms with E-state index >= 15 is 0 Å². The molecule has 2 aromatic rings. The largest absolute Gasteiger partial charge is 0.490 e. The smallest absolute Gasteiger partial charge is 0.286 e. The van der Waals surface area contributed by atoms with Crippen LogP contribution in [0, 0.1) is 29.6 Å². The zero-order valence-corrected chi connectivity index (χ0v) is 31.8. The van der Waals surface area contributed by atoms with E-state index in [1.54, 1.807) is 27.0 Å². The first-order valence-corrected chi connectivity index (χ1v) is 20.7. The molecule has 2 heterocycles. The van der Waals surface area contributed by atoms with Crippen LogP contribution in [0.25, 0.3) is 0 Å². The molecule has 0 aromatic heterocycles. The predicted octanol–water partition coefficient (Wildman–Crippen LogP) is 6.89. The number of nitrogens with one attached hydrogen (secondary N) is 1. The molecule has 2 bridgehead atoms. The monoisotopic (exact) mass is 737 g/mol. The Labute approximate surface area is 307 Å². The van der Waals surface area contributed by atoms with Crippen molar-refractivity contribution in [2.45, 2.75) is 89.3 Å². The number of rotatable bonds is 4. The van der Waals surface area contributed by atoms with E-state index in [1.165, 1.54) is 11.1 Å². The van der Waals surface area contributed by atoms with Crippen molar-refractivity contribution < 1.29 is 28.4 Å². The number of carbonyl (C=O) groups excluding carboxylic acids is 2. The number of allylic oxidation sites excluding steroid dienone is 1. The number of halogens is 1. The number of amides is 2. The zero-order chi connectivity index (χ0) is 36.1. The maximum atomic E-state index is 14.5. The molecule has 276 valence electrons. The van der Waals surface area contributed by atoms with E-state index < -0.39 is 21.4 Å². The maximum Gasteiger partial charge on any atom is 0.286 e. The van der Waals surface area contributed by atoms with Crippen LogP contribution in [-0.2, 0) is 31.3 Å². The average Bonchev–Trinajstić information content (AvgIpc) is 3.17. The van der Waals surface area contributed by atoms with Gasteiger partial charge in [0.2, 0.25) is 5.91 Å². The number of nitrogens with zero attached hydrogens (tertiary/aromatic N) is 2. The molecule has 0 saturated heterocycles. The molecule has 9 nitrogen and oxygen atoms in total. The molecule has 5 aliphatic rings. The third-order valence-corrected chi connectivity index (χ3v) is 14.5. The minimum atomic E-state index is -3.47. The first kappa shape index (κ1) is 36.4. The molecule has 0 radical (unpaired) electrons. The van der Waals surface area contributed by atoms with E-state index in [0.29, 0.717) is 49.0 Å². The van der Waals surface area contributed by atoms with E-state index in [9.17, 15) is 18.9 Å². The standard InChI is InChI=1S/C40H52ClN3O6S/c1-25-7-5-9-35(49-4)32-13-10-28(32)21-44-23-40(16-6-8-26-19-31(41)12-14-33(26)40)24-50-36-15-11-27(20-34(36)44)37(45)42-51(48,22-25)43-38(46)29-17-30(18-29)39(2,3)47/h5,9,11-12,14-15,19-20,25,28-30,32,35,47H,6-8,10,13,16-18,21-24H2,1-4H3,(H,42,43,45,46,48)/b9-5+/t25-,28-,29-,30+,32+,35-,40-,51?/m0/s1. The molecule has 2 N–H and O–H groups in total. The first-order chi connectivity index (χ1) is 24.3. The fourth-order valence-corrected chi connectivity index (χ4v) is 11.2. The molecule has 2 saturated carbocycles. The summed E-state index contributed by atoms with van der Waals surface area (Å²) >= 11 is 6.46. The molecule has 7 rings (SSSR count). The van der Waals surface area contributed by atoms with Gasteiger partial charge in [0.05, 0.1) is 29.8 Å². The number of ether oxygens (including phenoxy) is 2. The number of fused-ring (bicyclic) bond motifs is 4. The number of anilines is 1. The van der Waals surface area contributed by atoms with Gasteiger partial charge in [-0.2, -0.15) is 0 Å². The highest BCUT2D eigenvalue weighted by molar-refractivity contribution is 7.92. The summed E-state index contributed by atoms with van der Waals surface area (Å²) in [5.41, 5.74) is 2.53. The summed E-state index contributed by atoms with van der Waals surface area (Å²) in [5.74, 6) is -0.0626. The van der Waals surface area contributed by atoms with Crippen LogP contribution in [0.2, 0.25) is 5.02 Å². The fraction of sp³-hybridized carbons (Fsp3) is 0.600. The molecule has 6 atom stereocenters. The van der Waals surface area contributed by atoms with Crippen LogP contribution in [0.15, 0.2) is 52.9 Å². The van der Waals surface area contributed by atoms with Crippen molar-refractivity contribution >= 4 is 39.0 Å². The number of aliphatic hydroxyl groups is 1. The Morgan fingerprint density at radius 3 is 2.73 bits per heavy atom. The Morgan fingerprint density at radius 2 is 2.00 bits per heavy atom. The summed E-state index contributed by atoms with van der Waals surface area (Å²) in [6, 6.07) is 11.6. The lowest BCUT2D eigenvalue weighted by atomic mass is 9.67. The van der Waals surface area contributed by atoms with Gasteiger partial charge in [-0.1, -0.05) is 36.7 Å². The second-order valence-electron chi connectivity index (χ2n) is 16.4. The molecular weight excluding hydrogens is 686 g/mol. The lowest BCUT2D eigenvalue weighted by molar-refractivity contribution is -0.131. The number of methoxy groups -OCH3 is 1. The Morgan fingerprint density at radius 1 is 1.20 bits per heavy atom. The van der Waals surface area contributed by atoms with E-state index in [4.69, 9.17) is 21.1 Å². The Kier molecular flexibility index (Phi) is 10.1. The highest BCUT2D eigenvalue weighted by Gasteiger charge is 2.45. The molecule has 2 amide bonds. The summed E-state index contributed by atoms with van der Waals surface area (Å²) < 4.78 is 34.3. The van der Waals surface area contributed by atoms with Crippen LogP contribution in [0.1, 0.15) is 87.2 Å². The first-order valence-electron chi connectivity index (χ1n) is 18.6. The van der Waals surface area contributed by atoms with Crippen molar-refractivity contribution in [3.05, 3.63) is 70.3 Å². The molecule has 3 aliphatic carbocycles. The summed E-state index contributed by atoms with van der Waals surface area (Å²) in [6.45, 7) is 7.46. The molecule has 2 fully saturated rings. The van der Waals surface area contributed by atoms with Crippen LogP contribution in [-0.4, -0.2) is 65.4 Å². The normalized spacial score (nSPS) is 34.4. The highest BCUT2D eigenvalue weighted by Crippen LogP contribution is 2.47. The van der Waals surface area contributed by atoms with E-state index in [-0.39, 0.29) is 40.9 Å².